The molecule has 0 saturated heterocycles. The summed E-state index contributed by atoms with van der Waals surface area (Å²) in [5.74, 6) is -0.236. The molecule has 3 aromatic rings. The van der Waals surface area contributed by atoms with Crippen LogP contribution in [0.25, 0.3) is 10.6 Å². The molecule has 1 nitrogen and oxygen atoms in total. The molecule has 1 heterocycles. The molecule has 0 unspecified atom stereocenters. The quantitative estimate of drug-likeness (QED) is 0.646. The van der Waals surface area contributed by atoms with E-state index in [1.807, 2.05) is 42.5 Å². The van der Waals surface area contributed by atoms with Gasteiger partial charge < -0.3 is 5.32 Å². The van der Waals surface area contributed by atoms with Crippen LogP contribution in [-0.2, 0) is 0 Å². The zero-order chi connectivity index (χ0) is 17.9. The Morgan fingerprint density at radius 1 is 0.889 bits per heavy atom. The van der Waals surface area contributed by atoms with Crippen LogP contribution in [0, 0.1) is 5.82 Å². The first-order valence-electron chi connectivity index (χ1n) is 8.47. The molecule has 0 atom stereocenters. The monoisotopic (exact) mass is 417 g/mol. The zero-order valence-electron chi connectivity index (χ0n) is 14.4. The summed E-state index contributed by atoms with van der Waals surface area (Å²) in [7, 11) is 0. The Morgan fingerprint density at radius 3 is 2.41 bits per heavy atom. The van der Waals surface area contributed by atoms with E-state index < -0.39 is 0 Å². The Kier molecular flexibility index (Phi) is 6.48. The molecule has 4 rings (SSSR count). The van der Waals surface area contributed by atoms with Crippen molar-refractivity contribution in [3.05, 3.63) is 99.6 Å². The standard InChI is InChI=1S/C22H17ClFNS.ClH/c23-15-10-11-17-19(14-15)22(18-8-4-5-9-20(18)24)25-13-12-21(17)26-16-6-2-1-3-7-16;/h1-11,14,25H,12-13H2;1H. The lowest BCUT2D eigenvalue weighted by atomic mass is 10.1. The molecule has 1 aliphatic heterocycles. The van der Waals surface area contributed by atoms with E-state index >= 15 is 0 Å². The summed E-state index contributed by atoms with van der Waals surface area (Å²) < 4.78 is 14.4. The average Bonchev–Trinajstić information content (AvgIpc) is 2.82. The molecule has 1 aliphatic rings. The van der Waals surface area contributed by atoms with Crippen molar-refractivity contribution in [2.24, 2.45) is 0 Å². The summed E-state index contributed by atoms with van der Waals surface area (Å²) >= 11 is 8.03. The molecule has 1 N–H and O–H groups in total. The molecule has 0 amide bonds. The highest BCUT2D eigenvalue weighted by atomic mass is 35.5. The van der Waals surface area contributed by atoms with Crippen molar-refractivity contribution < 1.29 is 4.39 Å². The number of benzene rings is 3. The van der Waals surface area contributed by atoms with Gasteiger partial charge in [-0.3, -0.25) is 0 Å². The minimum atomic E-state index is -0.236. The van der Waals surface area contributed by atoms with Crippen molar-refractivity contribution in [3.8, 4) is 0 Å². The first-order valence-corrected chi connectivity index (χ1v) is 9.66. The predicted octanol–water partition coefficient (Wildman–Crippen LogP) is 4.95. The lowest BCUT2D eigenvalue weighted by Gasteiger charge is -2.10. The Labute approximate surface area is 173 Å². The smallest absolute Gasteiger partial charge is 0.132 e. The summed E-state index contributed by atoms with van der Waals surface area (Å²) in [5, 5.41) is 6.11. The number of halogens is 3. The second-order valence-corrected chi connectivity index (χ2v) is 7.66. The minimum absolute atomic E-state index is 0. The Morgan fingerprint density at radius 2 is 1.63 bits per heavy atom. The van der Waals surface area contributed by atoms with Gasteiger partial charge in [0.2, 0.25) is 0 Å². The van der Waals surface area contributed by atoms with E-state index in [-0.39, 0.29) is 18.2 Å². The van der Waals surface area contributed by atoms with Crippen LogP contribution < -0.4 is 15.8 Å². The largest absolute Gasteiger partial charge is 0.384 e. The van der Waals surface area contributed by atoms with Crippen LogP contribution in [0.5, 0.6) is 0 Å². The van der Waals surface area contributed by atoms with E-state index in [1.165, 1.54) is 15.9 Å². The summed E-state index contributed by atoms with van der Waals surface area (Å²) in [6, 6.07) is 23.0. The number of hydrogen-bond acceptors (Lipinski definition) is 2. The normalized spacial score (nSPS) is 13.3. The van der Waals surface area contributed by atoms with E-state index in [1.54, 1.807) is 23.9 Å². The maximum Gasteiger partial charge on any atom is 0.132 e. The zero-order valence-corrected chi connectivity index (χ0v) is 16.8. The average molecular weight is 418 g/mol. The van der Waals surface area contributed by atoms with Crippen LogP contribution in [0.3, 0.4) is 0 Å². The number of thioether (sulfide) groups is 1. The van der Waals surface area contributed by atoms with Gasteiger partial charge in [-0.2, -0.15) is 0 Å². The van der Waals surface area contributed by atoms with Crippen molar-refractivity contribution >= 4 is 46.4 Å². The molecule has 0 spiro atoms. The Bertz CT molecular complexity index is 1070. The van der Waals surface area contributed by atoms with Crippen LogP contribution in [-0.4, -0.2) is 6.54 Å². The van der Waals surface area contributed by atoms with Crippen molar-refractivity contribution in [1.29, 1.82) is 0 Å². The maximum absolute atomic E-state index is 14.4. The molecular weight excluding hydrogens is 400 g/mol. The van der Waals surface area contributed by atoms with Gasteiger partial charge >= 0.3 is 0 Å². The minimum Gasteiger partial charge on any atom is -0.384 e. The molecule has 0 radical (unpaired) electrons. The fourth-order valence-electron chi connectivity index (χ4n) is 3.14. The van der Waals surface area contributed by atoms with Crippen molar-refractivity contribution in [2.75, 3.05) is 6.54 Å². The molecule has 0 saturated carbocycles. The van der Waals surface area contributed by atoms with Gasteiger partial charge in [-0.15, -0.1) is 12.4 Å². The number of hydrogen-bond donors (Lipinski definition) is 1. The van der Waals surface area contributed by atoms with Crippen LogP contribution in [0.2, 0.25) is 5.02 Å². The summed E-state index contributed by atoms with van der Waals surface area (Å²) in [6.07, 6.45) is 0.867. The molecule has 3 aromatic carbocycles. The van der Waals surface area contributed by atoms with Gasteiger partial charge in [-0.1, -0.05) is 59.8 Å². The van der Waals surface area contributed by atoms with Crippen LogP contribution in [0.1, 0.15) is 12.0 Å². The number of fused-ring (bicyclic) bond motifs is 1. The third kappa shape index (κ3) is 4.32. The molecule has 5 heteroatoms. The van der Waals surface area contributed by atoms with Crippen molar-refractivity contribution in [1.82, 2.24) is 5.32 Å². The van der Waals surface area contributed by atoms with E-state index in [2.05, 4.69) is 17.4 Å². The highest BCUT2D eigenvalue weighted by molar-refractivity contribution is 8.08. The van der Waals surface area contributed by atoms with Gasteiger partial charge in [0.1, 0.15) is 5.82 Å². The van der Waals surface area contributed by atoms with Gasteiger partial charge in [0.05, 0.1) is 5.70 Å². The first kappa shape index (κ1) is 19.8. The second-order valence-electron chi connectivity index (χ2n) is 6.06. The summed E-state index contributed by atoms with van der Waals surface area (Å²) in [5.41, 5.74) is 1.37. The van der Waals surface area contributed by atoms with Crippen molar-refractivity contribution in [3.63, 3.8) is 0 Å². The van der Waals surface area contributed by atoms with Gasteiger partial charge in [-0.25, -0.2) is 4.39 Å². The molecule has 0 bridgehead atoms. The fourth-order valence-corrected chi connectivity index (χ4v) is 4.38. The van der Waals surface area contributed by atoms with Gasteiger partial charge in [0.15, 0.2) is 0 Å². The molecule has 138 valence electrons. The van der Waals surface area contributed by atoms with Crippen LogP contribution in [0.4, 0.5) is 4.39 Å². The fraction of sp³-hybridized carbons (Fsp3) is 0.0909. The van der Waals surface area contributed by atoms with E-state index in [0.717, 1.165) is 29.1 Å². The van der Waals surface area contributed by atoms with Gasteiger partial charge in [0, 0.05) is 27.2 Å². The summed E-state index contributed by atoms with van der Waals surface area (Å²) in [4.78, 5) is 2.44. The Balaban J connectivity index is 0.00000210. The Hall–Kier alpha value is -1.94. The molecule has 27 heavy (non-hydrogen) atoms. The molecule has 0 aromatic heterocycles. The number of nitrogens with one attached hydrogen (secondary N) is 1. The van der Waals surface area contributed by atoms with Crippen LogP contribution in [0.15, 0.2) is 77.7 Å². The lowest BCUT2D eigenvalue weighted by Crippen LogP contribution is -2.31. The van der Waals surface area contributed by atoms with Gasteiger partial charge in [0.25, 0.3) is 0 Å². The van der Waals surface area contributed by atoms with Crippen LogP contribution >= 0.6 is 35.8 Å². The second kappa shape index (κ2) is 8.83. The molecule has 0 fully saturated rings. The number of rotatable bonds is 3. The molecule has 0 aliphatic carbocycles. The maximum atomic E-state index is 14.4. The summed E-state index contributed by atoms with van der Waals surface area (Å²) in [6.45, 7) is 0.741. The SMILES string of the molecule is Cl.Fc1ccccc1C1=c2cc(Cl)ccc2=C(Sc2ccccc2)CCN1. The highest BCUT2D eigenvalue weighted by Gasteiger charge is 2.14. The van der Waals surface area contributed by atoms with Gasteiger partial charge in [-0.05, 0) is 52.9 Å². The topological polar surface area (TPSA) is 12.0 Å². The van der Waals surface area contributed by atoms with E-state index in [4.69, 9.17) is 11.6 Å². The highest BCUT2D eigenvalue weighted by Crippen LogP contribution is 2.29. The first-order chi connectivity index (χ1) is 12.7. The predicted molar refractivity (Wildman–Crippen MR) is 115 cm³/mol. The molecular formula is C22H18Cl2FNS. The van der Waals surface area contributed by atoms with E-state index in [0.29, 0.717) is 10.6 Å². The van der Waals surface area contributed by atoms with E-state index in [9.17, 15) is 4.39 Å². The third-order valence-corrected chi connectivity index (χ3v) is 5.75. The lowest BCUT2D eigenvalue weighted by molar-refractivity contribution is 0.621. The third-order valence-electron chi connectivity index (χ3n) is 4.33. The van der Waals surface area contributed by atoms with Crippen molar-refractivity contribution in [2.45, 2.75) is 11.3 Å².